The Hall–Kier alpha value is -2.12. The fraction of sp³-hybridized carbons (Fsp3) is 0.231. The fourth-order valence-electron chi connectivity index (χ4n) is 1.63. The number of hydrogen-bond donors (Lipinski definition) is 0. The highest BCUT2D eigenvalue weighted by Gasteiger charge is 2.15. The van der Waals surface area contributed by atoms with Gasteiger partial charge in [0.1, 0.15) is 0 Å². The molecule has 17 heavy (non-hydrogen) atoms. The Balaban J connectivity index is 3.08. The summed E-state index contributed by atoms with van der Waals surface area (Å²) in [5, 5.41) is 10.9. The van der Waals surface area contributed by atoms with E-state index in [1.165, 1.54) is 12.1 Å². The van der Waals surface area contributed by atoms with Crippen molar-refractivity contribution in [1.29, 1.82) is 0 Å². The van der Waals surface area contributed by atoms with Gasteiger partial charge in [0, 0.05) is 12.6 Å². The maximum atomic E-state index is 10.9. The predicted molar refractivity (Wildman–Crippen MR) is 68.4 cm³/mol. The molecule has 1 aromatic carbocycles. The van der Waals surface area contributed by atoms with E-state index in [-0.39, 0.29) is 5.69 Å². The Labute approximate surface area is 101 Å². The van der Waals surface area contributed by atoms with Crippen LogP contribution < -0.4 is 0 Å². The van der Waals surface area contributed by atoms with E-state index in [9.17, 15) is 10.1 Å². The Morgan fingerprint density at radius 3 is 2.88 bits per heavy atom. The third-order valence-electron chi connectivity index (χ3n) is 2.38. The van der Waals surface area contributed by atoms with E-state index in [0.717, 1.165) is 5.56 Å². The molecule has 0 fully saturated rings. The lowest BCUT2D eigenvalue weighted by Gasteiger charge is -2.15. The molecular weight excluding hydrogens is 216 g/mol. The summed E-state index contributed by atoms with van der Waals surface area (Å²) in [4.78, 5) is 12.4. The minimum absolute atomic E-state index is 0.0756. The zero-order chi connectivity index (χ0) is 12.8. The van der Waals surface area contributed by atoms with Crippen molar-refractivity contribution in [2.45, 2.75) is 6.54 Å². The molecular formula is C13H14N2O2. The SMILES string of the molecule is C#CCN(C)Cc1cccc([N+](=O)[O-])c1C=C. The van der Waals surface area contributed by atoms with E-state index in [1.807, 2.05) is 18.0 Å². The maximum Gasteiger partial charge on any atom is 0.276 e. The summed E-state index contributed by atoms with van der Waals surface area (Å²) in [7, 11) is 1.87. The van der Waals surface area contributed by atoms with Gasteiger partial charge in [0.15, 0.2) is 0 Å². The van der Waals surface area contributed by atoms with Gasteiger partial charge in [0.05, 0.1) is 17.0 Å². The van der Waals surface area contributed by atoms with Gasteiger partial charge in [0.25, 0.3) is 5.69 Å². The van der Waals surface area contributed by atoms with Crippen LogP contribution in [0.5, 0.6) is 0 Å². The second kappa shape index (κ2) is 5.83. The molecule has 1 aromatic rings. The van der Waals surface area contributed by atoms with Crippen molar-refractivity contribution in [3.63, 3.8) is 0 Å². The fourth-order valence-corrected chi connectivity index (χ4v) is 1.63. The molecule has 0 radical (unpaired) electrons. The van der Waals surface area contributed by atoms with Gasteiger partial charge < -0.3 is 0 Å². The van der Waals surface area contributed by atoms with Crippen molar-refractivity contribution >= 4 is 11.8 Å². The molecule has 4 nitrogen and oxygen atoms in total. The smallest absolute Gasteiger partial charge is 0.276 e. The standard InChI is InChI=1S/C13H14N2O2/c1-4-9-14(3)10-11-7-6-8-13(15(16)17)12(11)5-2/h1,5-8H,2,9-10H2,3H3. The van der Waals surface area contributed by atoms with Crippen LogP contribution in [0.15, 0.2) is 24.8 Å². The van der Waals surface area contributed by atoms with Crippen molar-refractivity contribution < 1.29 is 4.92 Å². The number of terminal acetylenes is 1. The summed E-state index contributed by atoms with van der Waals surface area (Å²) in [5.41, 5.74) is 1.49. The van der Waals surface area contributed by atoms with Gasteiger partial charge in [-0.3, -0.25) is 15.0 Å². The first-order chi connectivity index (χ1) is 8.10. The molecule has 0 atom stereocenters. The molecule has 0 spiro atoms. The van der Waals surface area contributed by atoms with Gasteiger partial charge in [0.2, 0.25) is 0 Å². The van der Waals surface area contributed by atoms with Crippen LogP contribution >= 0.6 is 0 Å². The summed E-state index contributed by atoms with van der Waals surface area (Å²) in [6.45, 7) is 4.69. The lowest BCUT2D eigenvalue weighted by atomic mass is 10.0. The van der Waals surface area contributed by atoms with Crippen LogP contribution in [0.25, 0.3) is 6.08 Å². The highest BCUT2D eigenvalue weighted by atomic mass is 16.6. The monoisotopic (exact) mass is 230 g/mol. The van der Waals surface area contributed by atoms with E-state index in [0.29, 0.717) is 18.7 Å². The summed E-state index contributed by atoms with van der Waals surface area (Å²) in [6, 6.07) is 4.99. The van der Waals surface area contributed by atoms with E-state index >= 15 is 0 Å². The number of nitrogens with zero attached hydrogens (tertiary/aromatic N) is 2. The lowest BCUT2D eigenvalue weighted by Crippen LogP contribution is -2.18. The van der Waals surface area contributed by atoms with Crippen LogP contribution in [0.1, 0.15) is 11.1 Å². The minimum atomic E-state index is -0.401. The number of nitro groups is 1. The van der Waals surface area contributed by atoms with Gasteiger partial charge in [-0.1, -0.05) is 30.7 Å². The van der Waals surface area contributed by atoms with Crippen LogP contribution in [0, 0.1) is 22.5 Å². The quantitative estimate of drug-likeness (QED) is 0.443. The average Bonchev–Trinajstić information content (AvgIpc) is 2.28. The summed E-state index contributed by atoms with van der Waals surface area (Å²) >= 11 is 0. The molecule has 0 saturated heterocycles. The third-order valence-corrected chi connectivity index (χ3v) is 2.38. The Bertz CT molecular complexity index is 475. The van der Waals surface area contributed by atoms with Gasteiger partial charge >= 0.3 is 0 Å². The van der Waals surface area contributed by atoms with Crippen LogP contribution in [-0.2, 0) is 6.54 Å². The predicted octanol–water partition coefficient (Wildman–Crippen LogP) is 2.30. The first-order valence-corrected chi connectivity index (χ1v) is 5.11. The van der Waals surface area contributed by atoms with Crippen molar-refractivity contribution in [2.75, 3.05) is 13.6 Å². The zero-order valence-electron chi connectivity index (χ0n) is 9.72. The molecule has 0 unspecified atom stereocenters. The van der Waals surface area contributed by atoms with Crippen LogP contribution in [-0.4, -0.2) is 23.4 Å². The molecule has 0 aliphatic carbocycles. The molecule has 0 aliphatic rings. The first kappa shape index (κ1) is 12.9. The number of hydrogen-bond acceptors (Lipinski definition) is 3. The normalized spacial score (nSPS) is 9.94. The molecule has 0 heterocycles. The third kappa shape index (κ3) is 3.16. The van der Waals surface area contributed by atoms with Gasteiger partial charge in [-0.25, -0.2) is 0 Å². The van der Waals surface area contributed by atoms with E-state index in [4.69, 9.17) is 6.42 Å². The molecule has 0 N–H and O–H groups in total. The van der Waals surface area contributed by atoms with E-state index in [1.54, 1.807) is 6.07 Å². The number of benzene rings is 1. The van der Waals surface area contributed by atoms with Crippen molar-refractivity contribution in [3.8, 4) is 12.3 Å². The van der Waals surface area contributed by atoms with Crippen LogP contribution in [0.3, 0.4) is 0 Å². The molecule has 4 heteroatoms. The average molecular weight is 230 g/mol. The topological polar surface area (TPSA) is 46.4 Å². The highest BCUT2D eigenvalue weighted by Crippen LogP contribution is 2.24. The minimum Gasteiger partial charge on any atom is -0.291 e. The Kier molecular flexibility index (Phi) is 4.44. The second-order valence-corrected chi connectivity index (χ2v) is 3.69. The molecule has 0 aromatic heterocycles. The lowest BCUT2D eigenvalue weighted by molar-refractivity contribution is -0.385. The van der Waals surface area contributed by atoms with Gasteiger partial charge in [-0.15, -0.1) is 6.42 Å². The second-order valence-electron chi connectivity index (χ2n) is 3.69. The molecule has 0 bridgehead atoms. The molecule has 1 rings (SSSR count). The largest absolute Gasteiger partial charge is 0.291 e. The Morgan fingerprint density at radius 2 is 2.35 bits per heavy atom. The molecule has 88 valence electrons. The van der Waals surface area contributed by atoms with Crippen molar-refractivity contribution in [1.82, 2.24) is 4.90 Å². The van der Waals surface area contributed by atoms with Crippen LogP contribution in [0.2, 0.25) is 0 Å². The number of nitro benzene ring substituents is 1. The molecule has 0 aliphatic heterocycles. The first-order valence-electron chi connectivity index (χ1n) is 5.11. The van der Waals surface area contributed by atoms with Crippen molar-refractivity contribution in [3.05, 3.63) is 46.0 Å². The Morgan fingerprint density at radius 1 is 1.65 bits per heavy atom. The summed E-state index contributed by atoms with van der Waals surface area (Å²) in [5.74, 6) is 2.53. The zero-order valence-corrected chi connectivity index (χ0v) is 9.72. The van der Waals surface area contributed by atoms with Gasteiger partial charge in [-0.2, -0.15) is 0 Å². The summed E-state index contributed by atoms with van der Waals surface area (Å²) < 4.78 is 0. The number of rotatable bonds is 5. The molecule has 0 amide bonds. The molecule has 0 saturated carbocycles. The van der Waals surface area contributed by atoms with Crippen LogP contribution in [0.4, 0.5) is 5.69 Å². The van der Waals surface area contributed by atoms with E-state index < -0.39 is 4.92 Å². The van der Waals surface area contributed by atoms with Crippen molar-refractivity contribution in [2.24, 2.45) is 0 Å². The van der Waals surface area contributed by atoms with Gasteiger partial charge in [-0.05, 0) is 12.6 Å². The maximum absolute atomic E-state index is 10.9. The van der Waals surface area contributed by atoms with E-state index in [2.05, 4.69) is 12.5 Å². The summed E-state index contributed by atoms with van der Waals surface area (Å²) in [6.07, 6.45) is 6.72. The highest BCUT2D eigenvalue weighted by molar-refractivity contribution is 5.63.